The van der Waals surface area contributed by atoms with Crippen LogP contribution in [0.3, 0.4) is 0 Å². The fourth-order valence-electron chi connectivity index (χ4n) is 2.06. The molecule has 0 aromatic heterocycles. The van der Waals surface area contributed by atoms with E-state index in [0.717, 1.165) is 45.6 Å². The van der Waals surface area contributed by atoms with Gasteiger partial charge in [-0.3, -0.25) is 0 Å². The van der Waals surface area contributed by atoms with Crippen molar-refractivity contribution in [2.75, 3.05) is 45.9 Å². The molecule has 1 saturated heterocycles. The summed E-state index contributed by atoms with van der Waals surface area (Å²) >= 11 is 0. The quantitative estimate of drug-likeness (QED) is 0.595. The Labute approximate surface area is 99.0 Å². The molecule has 0 spiro atoms. The molecule has 1 aliphatic heterocycles. The van der Waals surface area contributed by atoms with E-state index < -0.39 is 0 Å². The van der Waals surface area contributed by atoms with E-state index in [-0.39, 0.29) is 6.61 Å². The zero-order valence-electron chi connectivity index (χ0n) is 10.5. The molecule has 0 aromatic rings. The zero-order chi connectivity index (χ0) is 11.6. The highest BCUT2D eigenvalue weighted by Crippen LogP contribution is 2.12. The number of hydrogen-bond acceptors (Lipinski definition) is 4. The van der Waals surface area contributed by atoms with Crippen LogP contribution in [0.4, 0.5) is 0 Å². The third kappa shape index (κ3) is 5.80. The molecule has 0 amide bonds. The molecule has 96 valence electrons. The van der Waals surface area contributed by atoms with Crippen LogP contribution in [0, 0.1) is 0 Å². The van der Waals surface area contributed by atoms with Gasteiger partial charge in [-0.15, -0.1) is 0 Å². The van der Waals surface area contributed by atoms with Gasteiger partial charge in [0.15, 0.2) is 0 Å². The highest BCUT2D eigenvalue weighted by Gasteiger charge is 2.18. The standard InChI is InChI=1S/C12H26N2O2/c1-2-5-13-6-9-14-7-3-12(4-8-14)16-11-10-15/h12-13,15H,2-11H2,1H3. The predicted molar refractivity (Wildman–Crippen MR) is 65.7 cm³/mol. The third-order valence-corrected chi connectivity index (χ3v) is 3.01. The molecule has 16 heavy (non-hydrogen) atoms. The molecule has 0 radical (unpaired) electrons. The lowest BCUT2D eigenvalue weighted by Crippen LogP contribution is -2.40. The molecule has 1 heterocycles. The Morgan fingerprint density at radius 1 is 1.31 bits per heavy atom. The number of aliphatic hydroxyl groups is 1. The van der Waals surface area contributed by atoms with Gasteiger partial charge in [0, 0.05) is 26.2 Å². The van der Waals surface area contributed by atoms with E-state index in [1.54, 1.807) is 0 Å². The molecule has 0 bridgehead atoms. The number of ether oxygens (including phenoxy) is 1. The van der Waals surface area contributed by atoms with Crippen LogP contribution in [0.25, 0.3) is 0 Å². The summed E-state index contributed by atoms with van der Waals surface area (Å²) in [6.45, 7) is 8.44. The monoisotopic (exact) mass is 230 g/mol. The lowest BCUT2D eigenvalue weighted by atomic mass is 10.1. The lowest BCUT2D eigenvalue weighted by molar-refractivity contribution is -0.00745. The van der Waals surface area contributed by atoms with E-state index in [0.29, 0.717) is 12.7 Å². The fourth-order valence-corrected chi connectivity index (χ4v) is 2.06. The number of likely N-dealkylation sites (tertiary alicyclic amines) is 1. The van der Waals surface area contributed by atoms with Crippen LogP contribution in [0.1, 0.15) is 26.2 Å². The van der Waals surface area contributed by atoms with Crippen LogP contribution in [0.5, 0.6) is 0 Å². The summed E-state index contributed by atoms with van der Waals surface area (Å²) in [6.07, 6.45) is 3.78. The smallest absolute Gasteiger partial charge is 0.0701 e. The summed E-state index contributed by atoms with van der Waals surface area (Å²) in [6, 6.07) is 0. The summed E-state index contributed by atoms with van der Waals surface area (Å²) in [7, 11) is 0. The first-order valence-electron chi connectivity index (χ1n) is 6.52. The number of aliphatic hydroxyl groups excluding tert-OH is 1. The van der Waals surface area contributed by atoms with E-state index in [1.165, 1.54) is 6.42 Å². The molecule has 1 fully saturated rings. The fraction of sp³-hybridized carbons (Fsp3) is 1.00. The predicted octanol–water partition coefficient (Wildman–Crippen LogP) is 0.459. The zero-order valence-corrected chi connectivity index (χ0v) is 10.5. The minimum absolute atomic E-state index is 0.140. The molecular weight excluding hydrogens is 204 g/mol. The van der Waals surface area contributed by atoms with Gasteiger partial charge in [0.05, 0.1) is 19.3 Å². The Hall–Kier alpha value is -0.160. The summed E-state index contributed by atoms with van der Waals surface area (Å²) in [5, 5.41) is 12.1. The van der Waals surface area contributed by atoms with Crippen LogP contribution < -0.4 is 5.32 Å². The van der Waals surface area contributed by atoms with Crippen molar-refractivity contribution in [1.82, 2.24) is 10.2 Å². The summed E-state index contributed by atoms with van der Waals surface area (Å²) in [4.78, 5) is 2.49. The summed E-state index contributed by atoms with van der Waals surface area (Å²) in [5.41, 5.74) is 0. The van der Waals surface area contributed by atoms with Crippen LogP contribution in [-0.2, 0) is 4.74 Å². The average Bonchev–Trinajstić information content (AvgIpc) is 2.33. The van der Waals surface area contributed by atoms with Gasteiger partial charge in [0.25, 0.3) is 0 Å². The molecular formula is C12H26N2O2. The van der Waals surface area contributed by atoms with Gasteiger partial charge in [-0.1, -0.05) is 6.92 Å². The number of rotatable bonds is 8. The Morgan fingerprint density at radius 3 is 2.69 bits per heavy atom. The molecule has 2 N–H and O–H groups in total. The second kappa shape index (κ2) is 8.93. The van der Waals surface area contributed by atoms with Crippen molar-refractivity contribution in [1.29, 1.82) is 0 Å². The van der Waals surface area contributed by atoms with Gasteiger partial charge in [-0.25, -0.2) is 0 Å². The Bertz CT molecular complexity index is 159. The maximum Gasteiger partial charge on any atom is 0.0701 e. The first-order valence-corrected chi connectivity index (χ1v) is 6.52. The van der Waals surface area contributed by atoms with E-state index in [1.807, 2.05) is 0 Å². The summed E-state index contributed by atoms with van der Waals surface area (Å²) in [5.74, 6) is 0. The number of nitrogens with one attached hydrogen (secondary N) is 1. The molecule has 1 rings (SSSR count). The van der Waals surface area contributed by atoms with Crippen molar-refractivity contribution in [2.24, 2.45) is 0 Å². The van der Waals surface area contributed by atoms with Gasteiger partial charge >= 0.3 is 0 Å². The van der Waals surface area contributed by atoms with Crippen LogP contribution in [0.2, 0.25) is 0 Å². The van der Waals surface area contributed by atoms with Crippen LogP contribution in [-0.4, -0.2) is 62.0 Å². The minimum Gasteiger partial charge on any atom is -0.394 e. The molecule has 0 aliphatic carbocycles. The molecule has 4 heteroatoms. The van der Waals surface area contributed by atoms with Gasteiger partial charge in [-0.05, 0) is 25.8 Å². The number of hydrogen-bond donors (Lipinski definition) is 2. The first-order chi connectivity index (χ1) is 7.86. The minimum atomic E-state index is 0.140. The van der Waals surface area contributed by atoms with Gasteiger partial charge < -0.3 is 20.1 Å². The van der Waals surface area contributed by atoms with E-state index >= 15 is 0 Å². The highest BCUT2D eigenvalue weighted by atomic mass is 16.5. The number of piperidine rings is 1. The average molecular weight is 230 g/mol. The maximum atomic E-state index is 8.67. The lowest BCUT2D eigenvalue weighted by Gasteiger charge is -2.31. The second-order valence-electron chi connectivity index (χ2n) is 4.39. The second-order valence-corrected chi connectivity index (χ2v) is 4.39. The maximum absolute atomic E-state index is 8.67. The van der Waals surface area contributed by atoms with E-state index in [9.17, 15) is 0 Å². The molecule has 0 atom stereocenters. The number of nitrogens with zero attached hydrogens (tertiary/aromatic N) is 1. The Morgan fingerprint density at radius 2 is 2.06 bits per heavy atom. The topological polar surface area (TPSA) is 44.7 Å². The third-order valence-electron chi connectivity index (χ3n) is 3.01. The Balaban J connectivity index is 1.98. The van der Waals surface area contributed by atoms with Crippen molar-refractivity contribution >= 4 is 0 Å². The van der Waals surface area contributed by atoms with Crippen molar-refractivity contribution < 1.29 is 9.84 Å². The molecule has 0 aromatic carbocycles. The van der Waals surface area contributed by atoms with Gasteiger partial charge in [0.1, 0.15) is 0 Å². The first kappa shape index (κ1) is 13.9. The molecule has 1 aliphatic rings. The SMILES string of the molecule is CCCNCCN1CCC(OCCO)CC1. The normalized spacial score (nSPS) is 19.1. The van der Waals surface area contributed by atoms with Crippen LogP contribution in [0.15, 0.2) is 0 Å². The largest absolute Gasteiger partial charge is 0.394 e. The molecule has 0 saturated carbocycles. The highest BCUT2D eigenvalue weighted by molar-refractivity contribution is 4.72. The van der Waals surface area contributed by atoms with Crippen molar-refractivity contribution in [3.8, 4) is 0 Å². The molecule has 0 unspecified atom stereocenters. The van der Waals surface area contributed by atoms with E-state index in [4.69, 9.17) is 9.84 Å². The van der Waals surface area contributed by atoms with Crippen molar-refractivity contribution in [3.63, 3.8) is 0 Å². The molecule has 4 nitrogen and oxygen atoms in total. The van der Waals surface area contributed by atoms with E-state index in [2.05, 4.69) is 17.1 Å². The van der Waals surface area contributed by atoms with Gasteiger partial charge in [-0.2, -0.15) is 0 Å². The summed E-state index contributed by atoms with van der Waals surface area (Å²) < 4.78 is 5.53. The van der Waals surface area contributed by atoms with Crippen LogP contribution >= 0.6 is 0 Å². The van der Waals surface area contributed by atoms with Crippen molar-refractivity contribution in [3.05, 3.63) is 0 Å². The van der Waals surface area contributed by atoms with Gasteiger partial charge in [0.2, 0.25) is 0 Å². The Kier molecular flexibility index (Phi) is 7.76. The van der Waals surface area contributed by atoms with Crippen molar-refractivity contribution in [2.45, 2.75) is 32.3 Å².